The van der Waals surface area contributed by atoms with Gasteiger partial charge in [-0.25, -0.2) is 0 Å². The third kappa shape index (κ3) is 2.94. The molecule has 1 aromatic rings. The molecule has 1 N–H and O–H groups in total. The van der Waals surface area contributed by atoms with Crippen LogP contribution in [0.3, 0.4) is 0 Å². The van der Waals surface area contributed by atoms with Gasteiger partial charge in [0, 0.05) is 11.6 Å². The number of hydrogen-bond acceptors (Lipinski definition) is 4. The topological polar surface area (TPSA) is 67.9 Å². The van der Waals surface area contributed by atoms with Gasteiger partial charge in [-0.1, -0.05) is 0 Å². The van der Waals surface area contributed by atoms with Crippen LogP contribution in [0.15, 0.2) is 18.2 Å². The molecule has 1 fully saturated rings. The van der Waals surface area contributed by atoms with Crippen LogP contribution in [0, 0.1) is 0 Å². The van der Waals surface area contributed by atoms with Gasteiger partial charge in [0.15, 0.2) is 0 Å². The van der Waals surface area contributed by atoms with E-state index >= 15 is 0 Å². The second-order valence-electron chi connectivity index (χ2n) is 5.05. The van der Waals surface area contributed by atoms with E-state index in [1.165, 1.54) is 0 Å². The highest BCUT2D eigenvalue weighted by Crippen LogP contribution is 2.27. The van der Waals surface area contributed by atoms with Crippen LogP contribution >= 0.6 is 0 Å². The highest BCUT2D eigenvalue weighted by atomic mass is 16.5. The van der Waals surface area contributed by atoms with Gasteiger partial charge in [-0.3, -0.25) is 9.59 Å². The molecule has 0 radical (unpaired) electrons. The van der Waals surface area contributed by atoms with Crippen molar-refractivity contribution in [2.24, 2.45) is 0 Å². The number of carbonyl (C=O) groups excluding carboxylic acids is 2. The molecule has 0 aromatic heterocycles. The van der Waals surface area contributed by atoms with Crippen molar-refractivity contribution in [2.45, 2.75) is 32.5 Å². The SMILES string of the molecule is COc1ccc(CN2C(=O)C(C)NC(=O)C2C)c(OC)c1. The molecular weight excluding hydrogens is 272 g/mol. The van der Waals surface area contributed by atoms with Crippen molar-refractivity contribution in [3.63, 3.8) is 0 Å². The van der Waals surface area contributed by atoms with Gasteiger partial charge in [0.1, 0.15) is 23.6 Å². The van der Waals surface area contributed by atoms with Crippen molar-refractivity contribution in [1.29, 1.82) is 0 Å². The first-order valence-corrected chi connectivity index (χ1v) is 6.79. The third-order valence-corrected chi connectivity index (χ3v) is 3.69. The van der Waals surface area contributed by atoms with E-state index < -0.39 is 12.1 Å². The van der Waals surface area contributed by atoms with E-state index in [1.807, 2.05) is 6.07 Å². The largest absolute Gasteiger partial charge is 0.497 e. The van der Waals surface area contributed by atoms with Gasteiger partial charge in [-0.15, -0.1) is 0 Å². The third-order valence-electron chi connectivity index (χ3n) is 3.69. The summed E-state index contributed by atoms with van der Waals surface area (Å²) in [5.41, 5.74) is 0.834. The lowest BCUT2D eigenvalue weighted by molar-refractivity contribution is -0.148. The summed E-state index contributed by atoms with van der Waals surface area (Å²) >= 11 is 0. The summed E-state index contributed by atoms with van der Waals surface area (Å²) in [6, 6.07) is 4.41. The quantitative estimate of drug-likeness (QED) is 0.897. The van der Waals surface area contributed by atoms with E-state index in [4.69, 9.17) is 9.47 Å². The highest BCUT2D eigenvalue weighted by Gasteiger charge is 2.35. The second-order valence-corrected chi connectivity index (χ2v) is 5.05. The number of carbonyl (C=O) groups is 2. The number of amides is 2. The fourth-order valence-electron chi connectivity index (χ4n) is 2.36. The minimum absolute atomic E-state index is 0.0972. The molecule has 1 aliphatic rings. The molecule has 2 unspecified atom stereocenters. The zero-order chi connectivity index (χ0) is 15.6. The Kier molecular flexibility index (Phi) is 4.35. The smallest absolute Gasteiger partial charge is 0.245 e. The molecule has 0 aliphatic carbocycles. The molecular formula is C15H20N2O4. The first-order valence-electron chi connectivity index (χ1n) is 6.79. The number of nitrogens with zero attached hydrogens (tertiary/aromatic N) is 1. The maximum Gasteiger partial charge on any atom is 0.245 e. The molecule has 2 rings (SSSR count). The Morgan fingerprint density at radius 3 is 2.52 bits per heavy atom. The minimum Gasteiger partial charge on any atom is -0.497 e. The van der Waals surface area contributed by atoms with Gasteiger partial charge in [0.2, 0.25) is 11.8 Å². The van der Waals surface area contributed by atoms with Crippen molar-refractivity contribution in [3.8, 4) is 11.5 Å². The number of rotatable bonds is 4. The van der Waals surface area contributed by atoms with Crippen LogP contribution in [0.5, 0.6) is 11.5 Å². The summed E-state index contributed by atoms with van der Waals surface area (Å²) in [4.78, 5) is 25.7. The minimum atomic E-state index is -0.502. The Hall–Kier alpha value is -2.24. The molecule has 0 saturated carbocycles. The van der Waals surface area contributed by atoms with Gasteiger partial charge >= 0.3 is 0 Å². The fourth-order valence-corrected chi connectivity index (χ4v) is 2.36. The van der Waals surface area contributed by atoms with Gasteiger partial charge in [-0.2, -0.15) is 0 Å². The standard InChI is InChI=1S/C15H20N2O4/c1-9-15(19)17(10(2)14(18)16-9)8-11-5-6-12(20-3)7-13(11)21-4/h5-7,9-10H,8H2,1-4H3,(H,16,18). The van der Waals surface area contributed by atoms with Gasteiger partial charge < -0.3 is 19.7 Å². The lowest BCUT2D eigenvalue weighted by Gasteiger charge is -2.36. The molecule has 0 bridgehead atoms. The van der Waals surface area contributed by atoms with Crippen LogP contribution in [-0.2, 0) is 16.1 Å². The zero-order valence-corrected chi connectivity index (χ0v) is 12.7. The van der Waals surface area contributed by atoms with Crippen LogP contribution in [0.2, 0.25) is 0 Å². The van der Waals surface area contributed by atoms with E-state index in [0.29, 0.717) is 18.0 Å². The average molecular weight is 292 g/mol. The second kappa shape index (κ2) is 6.03. The van der Waals surface area contributed by atoms with Crippen molar-refractivity contribution in [3.05, 3.63) is 23.8 Å². The number of nitrogens with one attached hydrogen (secondary N) is 1. The number of methoxy groups -OCH3 is 2. The predicted octanol–water partition coefficient (Wildman–Crippen LogP) is 0.939. The molecule has 2 atom stereocenters. The normalized spacial score (nSPS) is 22.0. The number of piperazine rings is 1. The molecule has 0 spiro atoms. The van der Waals surface area contributed by atoms with Gasteiger partial charge in [0.05, 0.1) is 20.8 Å². The maximum absolute atomic E-state index is 12.3. The molecule has 21 heavy (non-hydrogen) atoms. The molecule has 1 saturated heterocycles. The summed E-state index contributed by atoms with van der Waals surface area (Å²) in [5.74, 6) is 1.07. The summed E-state index contributed by atoms with van der Waals surface area (Å²) in [6.45, 7) is 3.73. The van der Waals surface area contributed by atoms with Gasteiger partial charge in [-0.05, 0) is 26.0 Å². The Bertz CT molecular complexity index is 559. The number of benzene rings is 1. The summed E-state index contributed by atoms with van der Waals surface area (Å²) in [6.07, 6.45) is 0. The van der Waals surface area contributed by atoms with Crippen molar-refractivity contribution in [1.82, 2.24) is 10.2 Å². The van der Waals surface area contributed by atoms with Crippen LogP contribution in [0.1, 0.15) is 19.4 Å². The fraction of sp³-hybridized carbons (Fsp3) is 0.467. The molecule has 6 heteroatoms. The van der Waals surface area contributed by atoms with Crippen LogP contribution in [0.4, 0.5) is 0 Å². The molecule has 2 amide bonds. The Labute approximate surface area is 124 Å². The van der Waals surface area contributed by atoms with Crippen LogP contribution in [-0.4, -0.2) is 43.0 Å². The lowest BCUT2D eigenvalue weighted by atomic mass is 10.1. The lowest BCUT2D eigenvalue weighted by Crippen LogP contribution is -2.60. The first kappa shape index (κ1) is 15.2. The monoisotopic (exact) mass is 292 g/mol. The molecule has 6 nitrogen and oxygen atoms in total. The number of ether oxygens (including phenoxy) is 2. The Morgan fingerprint density at radius 2 is 1.90 bits per heavy atom. The average Bonchev–Trinajstić information content (AvgIpc) is 2.49. The van der Waals surface area contributed by atoms with E-state index in [0.717, 1.165) is 5.56 Å². The summed E-state index contributed by atoms with van der Waals surface area (Å²) < 4.78 is 10.5. The van der Waals surface area contributed by atoms with Gasteiger partial charge in [0.25, 0.3) is 0 Å². The van der Waals surface area contributed by atoms with E-state index in [-0.39, 0.29) is 11.8 Å². The van der Waals surface area contributed by atoms with E-state index in [2.05, 4.69) is 5.32 Å². The number of hydrogen-bond donors (Lipinski definition) is 1. The summed E-state index contributed by atoms with van der Waals surface area (Å²) in [7, 11) is 3.14. The van der Waals surface area contributed by atoms with Crippen molar-refractivity contribution >= 4 is 11.8 Å². The van der Waals surface area contributed by atoms with Crippen molar-refractivity contribution < 1.29 is 19.1 Å². The molecule has 114 valence electrons. The zero-order valence-electron chi connectivity index (χ0n) is 12.7. The Balaban J connectivity index is 2.27. The first-order chi connectivity index (χ1) is 9.97. The molecule has 1 heterocycles. The molecule has 1 aliphatic heterocycles. The Morgan fingerprint density at radius 1 is 1.19 bits per heavy atom. The molecule has 1 aromatic carbocycles. The highest BCUT2D eigenvalue weighted by molar-refractivity contribution is 5.96. The summed E-state index contributed by atoms with van der Waals surface area (Å²) in [5, 5.41) is 2.66. The van der Waals surface area contributed by atoms with Crippen LogP contribution in [0.25, 0.3) is 0 Å². The predicted molar refractivity (Wildman–Crippen MR) is 77.2 cm³/mol. The van der Waals surface area contributed by atoms with Crippen LogP contribution < -0.4 is 14.8 Å². The van der Waals surface area contributed by atoms with E-state index in [9.17, 15) is 9.59 Å². The van der Waals surface area contributed by atoms with E-state index in [1.54, 1.807) is 45.1 Å². The maximum atomic E-state index is 12.3. The van der Waals surface area contributed by atoms with Crippen molar-refractivity contribution in [2.75, 3.05) is 14.2 Å².